The van der Waals surface area contributed by atoms with Crippen LogP contribution in [-0.4, -0.2) is 6.54 Å². The van der Waals surface area contributed by atoms with Crippen molar-refractivity contribution in [1.82, 2.24) is 0 Å². The molecule has 0 amide bonds. The van der Waals surface area contributed by atoms with Crippen LogP contribution in [0.1, 0.15) is 13.3 Å². The molecule has 0 radical (unpaired) electrons. The van der Waals surface area contributed by atoms with E-state index in [0.717, 1.165) is 24.2 Å². The minimum absolute atomic E-state index is 0.872. The lowest BCUT2D eigenvalue weighted by Crippen LogP contribution is -2.16. The van der Waals surface area contributed by atoms with E-state index in [2.05, 4.69) is 23.1 Å². The number of nitriles is 1. The third-order valence-corrected chi connectivity index (χ3v) is 2.63. The monoisotopic (exact) mass is 184 g/mol. The van der Waals surface area contributed by atoms with Crippen molar-refractivity contribution < 1.29 is 0 Å². The van der Waals surface area contributed by atoms with Crippen LogP contribution in [0.4, 0.5) is 5.69 Å². The molecule has 0 N–H and O–H groups in total. The van der Waals surface area contributed by atoms with Gasteiger partial charge in [-0.05, 0) is 19.1 Å². The van der Waals surface area contributed by atoms with Gasteiger partial charge in [0.15, 0.2) is 0 Å². The van der Waals surface area contributed by atoms with Gasteiger partial charge in [-0.3, -0.25) is 0 Å². The van der Waals surface area contributed by atoms with E-state index in [0.29, 0.717) is 0 Å². The molecule has 0 fully saturated rings. The van der Waals surface area contributed by atoms with E-state index in [4.69, 9.17) is 5.26 Å². The first-order chi connectivity index (χ1) is 6.83. The van der Waals surface area contributed by atoms with Crippen LogP contribution in [0.15, 0.2) is 41.6 Å². The fourth-order valence-corrected chi connectivity index (χ4v) is 1.80. The summed E-state index contributed by atoms with van der Waals surface area (Å²) in [5.41, 5.74) is 3.18. The topological polar surface area (TPSA) is 27.0 Å². The molecule has 2 heteroatoms. The Morgan fingerprint density at radius 3 is 2.57 bits per heavy atom. The number of benzene rings is 1. The van der Waals surface area contributed by atoms with Gasteiger partial charge in [0.1, 0.15) is 0 Å². The number of para-hydroxylation sites is 1. The van der Waals surface area contributed by atoms with Crippen molar-refractivity contribution in [3.8, 4) is 6.07 Å². The lowest BCUT2D eigenvalue weighted by atomic mass is 10.2. The van der Waals surface area contributed by atoms with Gasteiger partial charge in [0.2, 0.25) is 0 Å². The Morgan fingerprint density at radius 1 is 1.29 bits per heavy atom. The molecular formula is C12H12N2. The Morgan fingerprint density at radius 2 is 2.00 bits per heavy atom. The van der Waals surface area contributed by atoms with Gasteiger partial charge in [0.05, 0.1) is 11.6 Å². The molecule has 0 bridgehead atoms. The van der Waals surface area contributed by atoms with Crippen molar-refractivity contribution in [2.24, 2.45) is 0 Å². The molecular weight excluding hydrogens is 172 g/mol. The zero-order valence-electron chi connectivity index (χ0n) is 8.20. The van der Waals surface area contributed by atoms with Gasteiger partial charge < -0.3 is 4.90 Å². The first-order valence-electron chi connectivity index (χ1n) is 4.75. The van der Waals surface area contributed by atoms with Crippen molar-refractivity contribution in [2.45, 2.75) is 13.3 Å². The predicted molar refractivity (Wildman–Crippen MR) is 56.7 cm³/mol. The van der Waals surface area contributed by atoms with Gasteiger partial charge in [-0.2, -0.15) is 5.26 Å². The molecule has 2 rings (SSSR count). The lowest BCUT2D eigenvalue weighted by molar-refractivity contribution is 0.964. The van der Waals surface area contributed by atoms with Gasteiger partial charge >= 0.3 is 0 Å². The van der Waals surface area contributed by atoms with Crippen LogP contribution in [0.5, 0.6) is 0 Å². The van der Waals surface area contributed by atoms with E-state index in [-0.39, 0.29) is 0 Å². The largest absolute Gasteiger partial charge is 0.344 e. The smallest absolute Gasteiger partial charge is 0.0966 e. The Labute approximate surface area is 84.1 Å². The maximum Gasteiger partial charge on any atom is 0.0966 e. The summed E-state index contributed by atoms with van der Waals surface area (Å²) in [7, 11) is 0. The highest BCUT2D eigenvalue weighted by atomic mass is 15.2. The fourth-order valence-electron chi connectivity index (χ4n) is 1.80. The molecule has 1 aromatic carbocycles. The molecule has 0 aliphatic carbocycles. The maximum absolute atomic E-state index is 8.87. The summed E-state index contributed by atoms with van der Waals surface area (Å²) >= 11 is 0. The van der Waals surface area contributed by atoms with Crippen LogP contribution in [0.3, 0.4) is 0 Å². The summed E-state index contributed by atoms with van der Waals surface area (Å²) in [4.78, 5) is 2.19. The molecule has 0 saturated heterocycles. The average Bonchev–Trinajstić information content (AvgIpc) is 2.61. The second-order valence-corrected chi connectivity index (χ2v) is 3.41. The second kappa shape index (κ2) is 3.55. The van der Waals surface area contributed by atoms with Gasteiger partial charge in [0.25, 0.3) is 0 Å². The standard InChI is InChI=1S/C12H12N2/c1-10-11(9-13)7-8-14(10)12-5-3-2-4-6-12/h2-6H,7-8H2,1H3. The summed E-state index contributed by atoms with van der Waals surface area (Å²) in [5, 5.41) is 8.87. The van der Waals surface area contributed by atoms with E-state index in [1.54, 1.807) is 0 Å². The van der Waals surface area contributed by atoms with Crippen LogP contribution in [0, 0.1) is 11.3 Å². The summed E-state index contributed by atoms with van der Waals surface area (Å²) in [6.07, 6.45) is 0.872. The van der Waals surface area contributed by atoms with Crippen molar-refractivity contribution >= 4 is 5.69 Å². The zero-order valence-corrected chi connectivity index (χ0v) is 8.20. The van der Waals surface area contributed by atoms with Crippen molar-refractivity contribution in [3.63, 3.8) is 0 Å². The molecule has 1 aliphatic rings. The lowest BCUT2D eigenvalue weighted by Gasteiger charge is -2.19. The van der Waals surface area contributed by atoms with E-state index >= 15 is 0 Å². The number of anilines is 1. The van der Waals surface area contributed by atoms with Crippen molar-refractivity contribution in [3.05, 3.63) is 41.6 Å². The van der Waals surface area contributed by atoms with Gasteiger partial charge in [-0.1, -0.05) is 18.2 Å². The molecule has 14 heavy (non-hydrogen) atoms. The van der Waals surface area contributed by atoms with E-state index in [1.165, 1.54) is 5.69 Å². The van der Waals surface area contributed by atoms with E-state index in [1.807, 2.05) is 25.1 Å². The maximum atomic E-state index is 8.87. The van der Waals surface area contributed by atoms with E-state index in [9.17, 15) is 0 Å². The molecule has 70 valence electrons. The van der Waals surface area contributed by atoms with E-state index < -0.39 is 0 Å². The number of hydrogen-bond acceptors (Lipinski definition) is 2. The molecule has 1 aromatic rings. The molecule has 0 saturated carbocycles. The number of allylic oxidation sites excluding steroid dienone is 1. The van der Waals surface area contributed by atoms with Crippen molar-refractivity contribution in [1.29, 1.82) is 5.26 Å². The zero-order chi connectivity index (χ0) is 9.97. The third kappa shape index (κ3) is 1.38. The molecule has 0 aromatic heterocycles. The Hall–Kier alpha value is -1.75. The molecule has 1 heterocycles. The average molecular weight is 184 g/mol. The van der Waals surface area contributed by atoms with Crippen LogP contribution in [0.2, 0.25) is 0 Å². The number of rotatable bonds is 1. The van der Waals surface area contributed by atoms with Gasteiger partial charge in [-0.15, -0.1) is 0 Å². The quantitative estimate of drug-likeness (QED) is 0.671. The minimum atomic E-state index is 0.872. The van der Waals surface area contributed by atoms with Crippen molar-refractivity contribution in [2.75, 3.05) is 11.4 Å². The van der Waals surface area contributed by atoms with Crippen LogP contribution < -0.4 is 4.90 Å². The minimum Gasteiger partial charge on any atom is -0.344 e. The summed E-state index contributed by atoms with van der Waals surface area (Å²) in [6, 6.07) is 12.4. The van der Waals surface area contributed by atoms with Crippen LogP contribution in [0.25, 0.3) is 0 Å². The predicted octanol–water partition coefficient (Wildman–Crippen LogP) is 2.69. The van der Waals surface area contributed by atoms with Gasteiger partial charge in [-0.25, -0.2) is 0 Å². The first kappa shape index (κ1) is 8.83. The highest BCUT2D eigenvalue weighted by Crippen LogP contribution is 2.27. The van der Waals surface area contributed by atoms with Gasteiger partial charge in [0, 0.05) is 24.4 Å². The molecule has 0 unspecified atom stereocenters. The summed E-state index contributed by atoms with van der Waals surface area (Å²) < 4.78 is 0. The summed E-state index contributed by atoms with van der Waals surface area (Å²) in [5.74, 6) is 0. The van der Waals surface area contributed by atoms with Crippen LogP contribution in [-0.2, 0) is 0 Å². The first-order valence-corrected chi connectivity index (χ1v) is 4.75. The second-order valence-electron chi connectivity index (χ2n) is 3.41. The third-order valence-electron chi connectivity index (χ3n) is 2.63. The Balaban J connectivity index is 2.33. The molecule has 0 spiro atoms. The Bertz CT molecular complexity index is 398. The number of hydrogen-bond donors (Lipinski definition) is 0. The summed E-state index contributed by atoms with van der Waals surface area (Å²) in [6.45, 7) is 2.94. The highest BCUT2D eigenvalue weighted by Gasteiger charge is 2.19. The normalized spacial score (nSPS) is 15.9. The highest BCUT2D eigenvalue weighted by molar-refractivity contribution is 5.56. The SMILES string of the molecule is CC1=C(C#N)CCN1c1ccccc1. The number of nitrogens with zero attached hydrogens (tertiary/aromatic N) is 2. The van der Waals surface area contributed by atoms with Crippen LogP contribution >= 0.6 is 0 Å². The molecule has 2 nitrogen and oxygen atoms in total. The fraction of sp³-hybridized carbons (Fsp3) is 0.250. The molecule has 0 atom stereocenters. The Kier molecular flexibility index (Phi) is 2.24. The molecule has 1 aliphatic heterocycles.